The van der Waals surface area contributed by atoms with E-state index in [4.69, 9.17) is 4.74 Å². The van der Waals surface area contributed by atoms with Crippen molar-refractivity contribution in [1.82, 2.24) is 19.9 Å². The average Bonchev–Trinajstić information content (AvgIpc) is 2.79. The SMILES string of the molecule is CC(C)(C)c1ncc(C(=O)Nc2c(-c3ncccc3F)ccnc2C2CCC(F)(F)CO2)cn1. The van der Waals surface area contributed by atoms with Crippen LogP contribution in [0.4, 0.5) is 18.9 Å². The predicted molar refractivity (Wildman–Crippen MR) is 119 cm³/mol. The summed E-state index contributed by atoms with van der Waals surface area (Å²) in [5.41, 5.74) is 0.479. The highest BCUT2D eigenvalue weighted by atomic mass is 19.3. The van der Waals surface area contributed by atoms with Crippen molar-refractivity contribution in [1.29, 1.82) is 0 Å². The van der Waals surface area contributed by atoms with Crippen molar-refractivity contribution in [2.24, 2.45) is 0 Å². The number of ether oxygens (including phenoxy) is 1. The summed E-state index contributed by atoms with van der Waals surface area (Å²) in [6, 6.07) is 4.19. The number of alkyl halides is 2. The number of rotatable bonds is 4. The number of amides is 1. The maximum atomic E-state index is 14.6. The van der Waals surface area contributed by atoms with Gasteiger partial charge in [-0.15, -0.1) is 0 Å². The minimum Gasteiger partial charge on any atom is -0.366 e. The normalized spacial score (nSPS) is 17.9. The number of nitrogens with one attached hydrogen (secondary N) is 1. The first-order valence-electron chi connectivity index (χ1n) is 10.8. The van der Waals surface area contributed by atoms with Crippen LogP contribution in [0.1, 0.15) is 61.6 Å². The van der Waals surface area contributed by atoms with Crippen LogP contribution in [0, 0.1) is 5.82 Å². The van der Waals surface area contributed by atoms with Gasteiger partial charge in [0.2, 0.25) is 0 Å². The van der Waals surface area contributed by atoms with Gasteiger partial charge in [0, 0.05) is 42.2 Å². The monoisotopic (exact) mass is 471 g/mol. The highest BCUT2D eigenvalue weighted by molar-refractivity contribution is 6.06. The fourth-order valence-corrected chi connectivity index (χ4v) is 3.59. The quantitative estimate of drug-likeness (QED) is 0.569. The second-order valence-electron chi connectivity index (χ2n) is 9.15. The number of carbonyl (C=O) groups excluding carboxylic acids is 1. The minimum absolute atomic E-state index is 0.0121. The molecule has 0 saturated carbocycles. The smallest absolute Gasteiger partial charge is 0.271 e. The summed E-state index contributed by atoms with van der Waals surface area (Å²) in [6.07, 6.45) is 4.42. The van der Waals surface area contributed by atoms with Gasteiger partial charge in [-0.25, -0.2) is 23.1 Å². The Labute approximate surface area is 194 Å². The van der Waals surface area contributed by atoms with Gasteiger partial charge in [-0.05, 0) is 24.6 Å². The van der Waals surface area contributed by atoms with E-state index in [1.54, 1.807) is 0 Å². The van der Waals surface area contributed by atoms with Gasteiger partial charge in [0.15, 0.2) is 0 Å². The van der Waals surface area contributed by atoms with E-state index in [0.29, 0.717) is 5.82 Å². The molecular weight excluding hydrogens is 447 g/mol. The van der Waals surface area contributed by atoms with Gasteiger partial charge < -0.3 is 10.1 Å². The van der Waals surface area contributed by atoms with Crippen molar-refractivity contribution >= 4 is 11.6 Å². The van der Waals surface area contributed by atoms with Crippen LogP contribution < -0.4 is 5.32 Å². The fraction of sp³-hybridized carbons (Fsp3) is 0.375. The van der Waals surface area contributed by atoms with Crippen molar-refractivity contribution in [2.45, 2.75) is 51.1 Å². The highest BCUT2D eigenvalue weighted by Crippen LogP contribution is 2.40. The van der Waals surface area contributed by atoms with Crippen LogP contribution in [0.3, 0.4) is 0 Å². The first-order valence-corrected chi connectivity index (χ1v) is 10.8. The molecule has 10 heteroatoms. The maximum Gasteiger partial charge on any atom is 0.271 e. The molecule has 0 aromatic carbocycles. The van der Waals surface area contributed by atoms with Gasteiger partial charge in [-0.3, -0.25) is 14.8 Å². The third-order valence-electron chi connectivity index (χ3n) is 5.39. The van der Waals surface area contributed by atoms with Gasteiger partial charge in [-0.1, -0.05) is 20.8 Å². The lowest BCUT2D eigenvalue weighted by Gasteiger charge is -2.30. The van der Waals surface area contributed by atoms with Crippen molar-refractivity contribution in [2.75, 3.05) is 11.9 Å². The van der Waals surface area contributed by atoms with Crippen LogP contribution in [0.5, 0.6) is 0 Å². The van der Waals surface area contributed by atoms with E-state index in [1.807, 2.05) is 20.8 Å². The summed E-state index contributed by atoms with van der Waals surface area (Å²) in [5, 5.41) is 2.74. The summed E-state index contributed by atoms with van der Waals surface area (Å²) in [7, 11) is 0. The molecule has 0 radical (unpaired) electrons. The molecule has 1 unspecified atom stereocenters. The molecule has 0 bridgehead atoms. The molecule has 3 aromatic rings. The standard InChI is InChI=1S/C24H24F3N5O2/c1-23(2,3)22-30-11-14(12-31-22)21(33)32-19-15(18-16(25)5-4-9-28-18)7-10-29-20(19)17-6-8-24(26,27)13-34-17/h4-5,7,9-12,17H,6,8,13H2,1-3H3,(H,32,33). The molecule has 4 rings (SSSR count). The van der Waals surface area contributed by atoms with Crippen LogP contribution >= 0.6 is 0 Å². The topological polar surface area (TPSA) is 89.9 Å². The molecule has 1 amide bonds. The number of hydrogen-bond acceptors (Lipinski definition) is 6. The number of anilines is 1. The number of pyridine rings is 2. The van der Waals surface area contributed by atoms with Gasteiger partial charge in [0.25, 0.3) is 11.8 Å². The number of hydrogen-bond donors (Lipinski definition) is 1. The van der Waals surface area contributed by atoms with Crippen molar-refractivity contribution in [3.63, 3.8) is 0 Å². The third kappa shape index (κ3) is 5.06. The van der Waals surface area contributed by atoms with E-state index in [9.17, 15) is 18.0 Å². The zero-order valence-electron chi connectivity index (χ0n) is 19.0. The molecule has 178 valence electrons. The molecule has 1 aliphatic heterocycles. The summed E-state index contributed by atoms with van der Waals surface area (Å²) in [5.74, 6) is -3.53. The third-order valence-corrected chi connectivity index (χ3v) is 5.39. The molecule has 4 heterocycles. The number of halogens is 3. The molecule has 1 aliphatic rings. The van der Waals surface area contributed by atoms with Crippen molar-refractivity contribution in [3.05, 3.63) is 65.9 Å². The summed E-state index contributed by atoms with van der Waals surface area (Å²) in [6.45, 7) is 5.08. The maximum absolute atomic E-state index is 14.6. The van der Waals surface area contributed by atoms with Crippen LogP contribution in [-0.4, -0.2) is 38.4 Å². The second kappa shape index (κ2) is 9.09. The zero-order chi connectivity index (χ0) is 24.5. The first kappa shape index (κ1) is 23.7. The molecule has 1 fully saturated rings. The molecular formula is C24H24F3N5O2. The van der Waals surface area contributed by atoms with E-state index >= 15 is 0 Å². The molecule has 0 aliphatic carbocycles. The largest absolute Gasteiger partial charge is 0.366 e. The Morgan fingerprint density at radius 2 is 1.85 bits per heavy atom. The Hall–Kier alpha value is -3.40. The Morgan fingerprint density at radius 1 is 1.12 bits per heavy atom. The molecule has 1 N–H and O–H groups in total. The van der Waals surface area contributed by atoms with E-state index in [1.165, 1.54) is 43.0 Å². The Balaban J connectivity index is 1.73. The van der Waals surface area contributed by atoms with E-state index in [0.717, 1.165) is 0 Å². The lowest BCUT2D eigenvalue weighted by Crippen LogP contribution is -2.31. The molecule has 34 heavy (non-hydrogen) atoms. The zero-order valence-corrected chi connectivity index (χ0v) is 19.0. The van der Waals surface area contributed by atoms with Crippen molar-refractivity contribution in [3.8, 4) is 11.3 Å². The minimum atomic E-state index is -2.93. The Kier molecular flexibility index (Phi) is 6.35. The van der Waals surface area contributed by atoms with Gasteiger partial charge in [0.1, 0.15) is 30.0 Å². The molecule has 3 aromatic heterocycles. The fourth-order valence-electron chi connectivity index (χ4n) is 3.59. The second-order valence-corrected chi connectivity index (χ2v) is 9.15. The summed E-state index contributed by atoms with van der Waals surface area (Å²) < 4.78 is 47.3. The van der Waals surface area contributed by atoms with Gasteiger partial charge >= 0.3 is 0 Å². The van der Waals surface area contributed by atoms with Crippen molar-refractivity contribution < 1.29 is 22.7 Å². The van der Waals surface area contributed by atoms with E-state index < -0.39 is 36.8 Å². The average molecular weight is 471 g/mol. The van der Waals surface area contributed by atoms with Gasteiger partial charge in [-0.2, -0.15) is 0 Å². The lowest BCUT2D eigenvalue weighted by atomic mass is 9.96. The molecule has 1 saturated heterocycles. The molecule has 7 nitrogen and oxygen atoms in total. The predicted octanol–water partition coefficient (Wildman–Crippen LogP) is 5.11. The number of aromatic nitrogens is 4. The summed E-state index contributed by atoms with van der Waals surface area (Å²) >= 11 is 0. The lowest BCUT2D eigenvalue weighted by molar-refractivity contribution is -0.146. The number of carbonyl (C=O) groups is 1. The first-order chi connectivity index (χ1) is 16.0. The van der Waals surface area contributed by atoms with Gasteiger partial charge in [0.05, 0.1) is 16.9 Å². The van der Waals surface area contributed by atoms with Crippen LogP contribution in [0.15, 0.2) is 43.0 Å². The van der Waals surface area contributed by atoms with E-state index in [2.05, 4.69) is 25.3 Å². The van der Waals surface area contributed by atoms with Crippen LogP contribution in [0.25, 0.3) is 11.3 Å². The van der Waals surface area contributed by atoms with E-state index in [-0.39, 0.29) is 40.0 Å². The number of nitrogens with zero attached hydrogens (tertiary/aromatic N) is 4. The Bertz CT molecular complexity index is 1190. The Morgan fingerprint density at radius 3 is 2.47 bits per heavy atom. The summed E-state index contributed by atoms with van der Waals surface area (Å²) in [4.78, 5) is 30.0. The molecule has 0 spiro atoms. The highest BCUT2D eigenvalue weighted by Gasteiger charge is 2.38. The van der Waals surface area contributed by atoms with Crippen LogP contribution in [-0.2, 0) is 10.2 Å². The molecule has 1 atom stereocenters. The van der Waals surface area contributed by atoms with Crippen LogP contribution in [0.2, 0.25) is 0 Å².